The van der Waals surface area contributed by atoms with E-state index in [0.29, 0.717) is 6.54 Å². The van der Waals surface area contributed by atoms with Crippen molar-refractivity contribution in [2.45, 2.75) is 18.5 Å². The van der Waals surface area contributed by atoms with E-state index in [1.165, 1.54) is 18.7 Å². The summed E-state index contributed by atoms with van der Waals surface area (Å²) in [6, 6.07) is 3.17. The molecule has 2 heterocycles. The van der Waals surface area contributed by atoms with E-state index in [2.05, 4.69) is 14.7 Å². The van der Waals surface area contributed by atoms with Gasteiger partial charge in [-0.15, -0.1) is 0 Å². The molecule has 0 bridgehead atoms. The van der Waals surface area contributed by atoms with Crippen molar-refractivity contribution >= 4 is 27.4 Å². The van der Waals surface area contributed by atoms with Gasteiger partial charge in [0.25, 0.3) is 10.0 Å². The standard InChI is InChI=1S/C10H11ClN4O2S/c1-2-15-6-9(13-7-15)18(16,17)14-10-8(11)4-3-5-12-10/h3-7H,2H2,1H3,(H,12,14). The van der Waals surface area contributed by atoms with E-state index in [4.69, 9.17) is 11.6 Å². The first-order valence-corrected chi connectivity index (χ1v) is 7.04. The predicted molar refractivity (Wildman–Crippen MR) is 68.0 cm³/mol. The van der Waals surface area contributed by atoms with Crippen molar-refractivity contribution in [1.29, 1.82) is 0 Å². The van der Waals surface area contributed by atoms with Gasteiger partial charge >= 0.3 is 0 Å². The fourth-order valence-corrected chi connectivity index (χ4v) is 2.50. The number of aryl methyl sites for hydroxylation is 1. The maximum atomic E-state index is 12.0. The Balaban J connectivity index is 2.30. The molecule has 0 aliphatic carbocycles. The molecule has 0 aromatic carbocycles. The number of hydrogen-bond donors (Lipinski definition) is 1. The first kappa shape index (κ1) is 12.8. The highest BCUT2D eigenvalue weighted by molar-refractivity contribution is 7.92. The number of pyridine rings is 1. The van der Waals surface area contributed by atoms with E-state index in [0.717, 1.165) is 0 Å². The van der Waals surface area contributed by atoms with Gasteiger partial charge in [0, 0.05) is 18.9 Å². The van der Waals surface area contributed by atoms with E-state index < -0.39 is 10.0 Å². The Bertz CT molecular complexity index is 653. The number of aromatic nitrogens is 3. The molecule has 0 fully saturated rings. The Labute approximate surface area is 110 Å². The van der Waals surface area contributed by atoms with Crippen molar-refractivity contribution < 1.29 is 8.42 Å². The van der Waals surface area contributed by atoms with Crippen molar-refractivity contribution in [2.24, 2.45) is 0 Å². The van der Waals surface area contributed by atoms with Crippen LogP contribution >= 0.6 is 11.6 Å². The molecule has 96 valence electrons. The number of sulfonamides is 1. The van der Waals surface area contributed by atoms with Gasteiger partial charge in [0.05, 0.1) is 11.3 Å². The molecule has 1 N–H and O–H groups in total. The summed E-state index contributed by atoms with van der Waals surface area (Å²) in [5, 5.41) is 0.169. The maximum absolute atomic E-state index is 12.0. The predicted octanol–water partition coefficient (Wildman–Crippen LogP) is 1.75. The highest BCUT2D eigenvalue weighted by Gasteiger charge is 2.19. The SMILES string of the molecule is CCn1cnc(S(=O)(=O)Nc2ncccc2Cl)c1. The maximum Gasteiger partial charge on any atom is 0.282 e. The zero-order valence-electron chi connectivity index (χ0n) is 9.54. The van der Waals surface area contributed by atoms with Crippen LogP contribution in [0.4, 0.5) is 5.82 Å². The molecule has 0 atom stereocenters. The Morgan fingerprint density at radius 3 is 2.83 bits per heavy atom. The van der Waals surface area contributed by atoms with Crippen LogP contribution in [0.2, 0.25) is 5.02 Å². The Kier molecular flexibility index (Phi) is 3.53. The number of anilines is 1. The van der Waals surface area contributed by atoms with Crippen molar-refractivity contribution in [1.82, 2.24) is 14.5 Å². The van der Waals surface area contributed by atoms with Crippen molar-refractivity contribution in [3.8, 4) is 0 Å². The lowest BCUT2D eigenvalue weighted by Crippen LogP contribution is -2.14. The second-order valence-corrected chi connectivity index (χ2v) is 5.52. The number of halogens is 1. The lowest BCUT2D eigenvalue weighted by atomic mass is 10.5. The first-order valence-electron chi connectivity index (χ1n) is 5.18. The molecular formula is C10H11ClN4O2S. The van der Waals surface area contributed by atoms with Crippen LogP contribution in [-0.2, 0) is 16.6 Å². The minimum Gasteiger partial charge on any atom is -0.336 e. The quantitative estimate of drug-likeness (QED) is 0.929. The average molecular weight is 287 g/mol. The topological polar surface area (TPSA) is 76.9 Å². The van der Waals surface area contributed by atoms with Crippen LogP contribution in [0, 0.1) is 0 Å². The number of rotatable bonds is 4. The van der Waals surface area contributed by atoms with Crippen LogP contribution in [0.15, 0.2) is 35.9 Å². The molecule has 0 radical (unpaired) electrons. The minimum absolute atomic E-state index is 0.0638. The third-order valence-corrected chi connectivity index (χ3v) is 3.77. The zero-order chi connectivity index (χ0) is 13.2. The second-order valence-electron chi connectivity index (χ2n) is 3.48. The zero-order valence-corrected chi connectivity index (χ0v) is 11.1. The summed E-state index contributed by atoms with van der Waals surface area (Å²) in [5.41, 5.74) is 0. The number of hydrogen-bond acceptors (Lipinski definition) is 4. The second kappa shape index (κ2) is 4.95. The summed E-state index contributed by atoms with van der Waals surface area (Å²) in [6.07, 6.45) is 4.35. The fourth-order valence-electron chi connectivity index (χ4n) is 1.29. The number of nitrogens with zero attached hydrogens (tertiary/aromatic N) is 3. The molecule has 6 nitrogen and oxygen atoms in total. The lowest BCUT2D eigenvalue weighted by Gasteiger charge is -2.05. The van der Waals surface area contributed by atoms with Crippen LogP contribution in [0.1, 0.15) is 6.92 Å². The molecule has 2 aromatic rings. The van der Waals surface area contributed by atoms with Gasteiger partial charge in [-0.2, -0.15) is 8.42 Å². The minimum atomic E-state index is -3.75. The van der Waals surface area contributed by atoms with Crippen molar-refractivity contribution in [3.05, 3.63) is 35.9 Å². The Morgan fingerprint density at radius 2 is 2.22 bits per heavy atom. The molecule has 2 rings (SSSR count). The van der Waals surface area contributed by atoms with E-state index in [9.17, 15) is 8.42 Å². The molecule has 0 unspecified atom stereocenters. The molecule has 0 aliphatic rings. The molecular weight excluding hydrogens is 276 g/mol. The normalized spacial score (nSPS) is 11.4. The third-order valence-electron chi connectivity index (χ3n) is 2.24. The summed E-state index contributed by atoms with van der Waals surface area (Å²) in [5.74, 6) is 0.0882. The fraction of sp³-hybridized carbons (Fsp3) is 0.200. The van der Waals surface area contributed by atoms with E-state index in [1.54, 1.807) is 16.7 Å². The van der Waals surface area contributed by atoms with Crippen molar-refractivity contribution in [2.75, 3.05) is 4.72 Å². The average Bonchev–Trinajstić information content (AvgIpc) is 2.81. The van der Waals surface area contributed by atoms with Gasteiger partial charge in [-0.25, -0.2) is 9.97 Å². The molecule has 0 aliphatic heterocycles. The monoisotopic (exact) mass is 286 g/mol. The van der Waals surface area contributed by atoms with Crippen molar-refractivity contribution in [3.63, 3.8) is 0 Å². The molecule has 2 aromatic heterocycles. The summed E-state index contributed by atoms with van der Waals surface area (Å²) in [4.78, 5) is 7.69. The van der Waals surface area contributed by atoms with Crippen LogP contribution in [0.3, 0.4) is 0 Å². The van der Waals surface area contributed by atoms with Gasteiger partial charge in [-0.1, -0.05) is 11.6 Å². The van der Waals surface area contributed by atoms with Crippen LogP contribution in [-0.4, -0.2) is 23.0 Å². The number of imidazole rings is 1. The van der Waals surface area contributed by atoms with Crippen LogP contribution in [0.25, 0.3) is 0 Å². The lowest BCUT2D eigenvalue weighted by molar-refractivity contribution is 0.598. The molecule has 0 saturated carbocycles. The first-order chi connectivity index (χ1) is 8.53. The summed E-state index contributed by atoms with van der Waals surface area (Å²) >= 11 is 5.84. The van der Waals surface area contributed by atoms with Gasteiger partial charge in [0.1, 0.15) is 0 Å². The highest BCUT2D eigenvalue weighted by Crippen LogP contribution is 2.20. The van der Waals surface area contributed by atoms with Crippen LogP contribution < -0.4 is 4.72 Å². The third kappa shape index (κ3) is 2.62. The molecule has 0 amide bonds. The van der Waals surface area contributed by atoms with Crippen LogP contribution in [0.5, 0.6) is 0 Å². The smallest absolute Gasteiger partial charge is 0.282 e. The Morgan fingerprint density at radius 1 is 1.44 bits per heavy atom. The molecule has 8 heteroatoms. The molecule has 18 heavy (non-hydrogen) atoms. The largest absolute Gasteiger partial charge is 0.336 e. The van der Waals surface area contributed by atoms with E-state index in [-0.39, 0.29) is 15.9 Å². The van der Waals surface area contributed by atoms with Gasteiger partial charge in [0.2, 0.25) is 0 Å². The number of nitrogens with one attached hydrogen (secondary N) is 1. The molecule has 0 spiro atoms. The summed E-state index contributed by atoms with van der Waals surface area (Å²) < 4.78 is 27.9. The van der Waals surface area contributed by atoms with E-state index in [1.807, 2.05) is 6.92 Å². The summed E-state index contributed by atoms with van der Waals surface area (Å²) in [7, 11) is -3.75. The van der Waals surface area contributed by atoms with Gasteiger partial charge in [0.15, 0.2) is 10.8 Å². The van der Waals surface area contributed by atoms with E-state index >= 15 is 0 Å². The van der Waals surface area contributed by atoms with Gasteiger partial charge in [-0.05, 0) is 19.1 Å². The highest BCUT2D eigenvalue weighted by atomic mass is 35.5. The Hall–Kier alpha value is -1.60. The van der Waals surface area contributed by atoms with Gasteiger partial charge in [-0.3, -0.25) is 4.72 Å². The molecule has 0 saturated heterocycles. The van der Waals surface area contributed by atoms with Gasteiger partial charge < -0.3 is 4.57 Å². The summed E-state index contributed by atoms with van der Waals surface area (Å²) in [6.45, 7) is 2.54.